The van der Waals surface area contributed by atoms with Crippen molar-refractivity contribution < 1.29 is 9.53 Å². The van der Waals surface area contributed by atoms with Crippen LogP contribution < -0.4 is 15.0 Å². The van der Waals surface area contributed by atoms with Gasteiger partial charge in [-0.05, 0) is 48.4 Å². The number of carbonyl (C=O) groups excluding carboxylic acids is 1. The molecule has 2 aromatic carbocycles. The maximum absolute atomic E-state index is 13.2. The van der Waals surface area contributed by atoms with Crippen LogP contribution >= 0.6 is 11.6 Å². The number of aromatic nitrogens is 2. The lowest BCUT2D eigenvalue weighted by Crippen LogP contribution is -2.45. The van der Waals surface area contributed by atoms with Gasteiger partial charge in [-0.2, -0.15) is 0 Å². The highest BCUT2D eigenvalue weighted by molar-refractivity contribution is 6.29. The minimum Gasteiger partial charge on any atom is -0.439 e. The summed E-state index contributed by atoms with van der Waals surface area (Å²) < 4.78 is 5.82. The van der Waals surface area contributed by atoms with E-state index < -0.39 is 0 Å². The van der Waals surface area contributed by atoms with Gasteiger partial charge >= 0.3 is 6.03 Å². The molecule has 2 aliphatic rings. The summed E-state index contributed by atoms with van der Waals surface area (Å²) in [5.41, 5.74) is 3.95. The van der Waals surface area contributed by atoms with Crippen LogP contribution in [0.1, 0.15) is 18.1 Å². The summed E-state index contributed by atoms with van der Waals surface area (Å²) in [6.07, 6.45) is 2.12. The Hall–Kier alpha value is -3.20. The average molecular weight is 493 g/mol. The molecule has 9 heteroatoms. The van der Waals surface area contributed by atoms with Crippen molar-refractivity contribution in [2.45, 2.75) is 19.9 Å². The number of piperazine rings is 1. The molecule has 5 rings (SSSR count). The Bertz CT molecular complexity index is 1200. The van der Waals surface area contributed by atoms with Gasteiger partial charge in [0.15, 0.2) is 0 Å². The summed E-state index contributed by atoms with van der Waals surface area (Å²) in [7, 11) is 0. The first kappa shape index (κ1) is 23.5. The molecular weight excluding hydrogens is 464 g/mol. The van der Waals surface area contributed by atoms with E-state index in [1.165, 1.54) is 6.33 Å². The average Bonchev–Trinajstić information content (AvgIpc) is 3.29. The van der Waals surface area contributed by atoms with Crippen molar-refractivity contribution in [2.75, 3.05) is 49.5 Å². The third-order valence-corrected chi connectivity index (χ3v) is 6.79. The van der Waals surface area contributed by atoms with Gasteiger partial charge in [0.2, 0.25) is 5.88 Å². The van der Waals surface area contributed by atoms with Crippen LogP contribution in [0.15, 0.2) is 54.9 Å². The number of para-hydroxylation sites is 1. The van der Waals surface area contributed by atoms with E-state index in [9.17, 15) is 4.79 Å². The predicted molar refractivity (Wildman–Crippen MR) is 137 cm³/mol. The molecule has 0 bridgehead atoms. The third kappa shape index (κ3) is 5.56. The van der Waals surface area contributed by atoms with E-state index in [1.54, 1.807) is 11.0 Å². The van der Waals surface area contributed by atoms with Crippen molar-refractivity contribution in [2.24, 2.45) is 0 Å². The van der Waals surface area contributed by atoms with Gasteiger partial charge in [-0.3, -0.25) is 9.80 Å². The van der Waals surface area contributed by atoms with Crippen molar-refractivity contribution in [1.82, 2.24) is 19.8 Å². The summed E-state index contributed by atoms with van der Waals surface area (Å²) in [5.74, 6) is 1.03. The van der Waals surface area contributed by atoms with Crippen LogP contribution in [0.25, 0.3) is 0 Å². The minimum atomic E-state index is -0.122. The number of benzene rings is 2. The topological polar surface area (TPSA) is 73.8 Å². The van der Waals surface area contributed by atoms with Gasteiger partial charge in [-0.25, -0.2) is 14.8 Å². The zero-order chi connectivity index (χ0) is 24.2. The van der Waals surface area contributed by atoms with E-state index in [2.05, 4.69) is 38.1 Å². The smallest absolute Gasteiger partial charge is 0.326 e. The first-order chi connectivity index (χ1) is 17.1. The van der Waals surface area contributed by atoms with E-state index in [-0.39, 0.29) is 6.03 Å². The van der Waals surface area contributed by atoms with Gasteiger partial charge < -0.3 is 15.0 Å². The quantitative estimate of drug-likeness (QED) is 0.505. The Balaban J connectivity index is 1.25. The Morgan fingerprint density at radius 2 is 1.83 bits per heavy atom. The molecular formula is C26H29ClN6O2. The Morgan fingerprint density at radius 3 is 2.63 bits per heavy atom. The molecule has 182 valence electrons. The standard InChI is InChI=1S/C26H29ClN6O2/c1-2-31-11-13-32(14-12-31)17-20-5-3-4-6-22(20)30-26(34)33-10-9-19-15-21(7-8-23(19)33)35-25-16-24(27)28-18-29-25/h3-8,15-16,18H,2,9-14,17H2,1H3,(H,30,34). The molecule has 1 aromatic heterocycles. The van der Waals surface area contributed by atoms with Crippen LogP contribution in [0, 0.1) is 0 Å². The molecule has 1 fully saturated rings. The highest BCUT2D eigenvalue weighted by Gasteiger charge is 2.26. The number of likely N-dealkylation sites (N-methyl/N-ethyl adjacent to an activating group) is 1. The van der Waals surface area contributed by atoms with Gasteiger partial charge in [-0.1, -0.05) is 36.7 Å². The number of nitrogens with one attached hydrogen (secondary N) is 1. The number of hydrogen-bond donors (Lipinski definition) is 1. The van der Waals surface area contributed by atoms with Crippen LogP contribution in [0.4, 0.5) is 16.2 Å². The number of fused-ring (bicyclic) bond motifs is 1. The second-order valence-corrected chi connectivity index (χ2v) is 9.16. The zero-order valence-corrected chi connectivity index (χ0v) is 20.5. The van der Waals surface area contributed by atoms with Crippen LogP contribution in [-0.4, -0.2) is 65.1 Å². The number of urea groups is 1. The van der Waals surface area contributed by atoms with Gasteiger partial charge in [-0.15, -0.1) is 0 Å². The van der Waals surface area contributed by atoms with Crippen LogP contribution in [0.5, 0.6) is 11.6 Å². The van der Waals surface area contributed by atoms with E-state index >= 15 is 0 Å². The second-order valence-electron chi connectivity index (χ2n) is 8.77. The Labute approximate surface area is 210 Å². The lowest BCUT2D eigenvalue weighted by molar-refractivity contribution is 0.132. The Morgan fingerprint density at radius 1 is 1.03 bits per heavy atom. The lowest BCUT2D eigenvalue weighted by atomic mass is 10.1. The van der Waals surface area contributed by atoms with E-state index in [4.69, 9.17) is 16.3 Å². The zero-order valence-electron chi connectivity index (χ0n) is 19.8. The van der Waals surface area contributed by atoms with Gasteiger partial charge in [0.05, 0.1) is 0 Å². The second kappa shape index (κ2) is 10.6. The minimum absolute atomic E-state index is 0.122. The van der Waals surface area contributed by atoms with Crippen molar-refractivity contribution in [3.05, 3.63) is 71.1 Å². The predicted octanol–water partition coefficient (Wildman–Crippen LogP) is 4.65. The fraction of sp³-hybridized carbons (Fsp3) is 0.346. The summed E-state index contributed by atoms with van der Waals surface area (Å²) in [6.45, 7) is 9.02. The molecule has 0 radical (unpaired) electrons. The number of halogens is 1. The number of carbonyl (C=O) groups is 1. The summed E-state index contributed by atoms with van der Waals surface area (Å²) in [6, 6.07) is 15.2. The van der Waals surface area contributed by atoms with Crippen molar-refractivity contribution in [3.63, 3.8) is 0 Å². The number of amides is 2. The molecule has 0 aliphatic carbocycles. The Kier molecular flexibility index (Phi) is 7.13. The monoisotopic (exact) mass is 492 g/mol. The normalized spacial score (nSPS) is 16.2. The molecule has 8 nitrogen and oxygen atoms in total. The molecule has 1 N–H and O–H groups in total. The molecule has 1 saturated heterocycles. The molecule has 2 amide bonds. The largest absolute Gasteiger partial charge is 0.439 e. The number of nitrogens with zero attached hydrogens (tertiary/aromatic N) is 5. The molecule has 2 aliphatic heterocycles. The number of anilines is 2. The molecule has 3 aromatic rings. The summed E-state index contributed by atoms with van der Waals surface area (Å²) >= 11 is 5.92. The van der Waals surface area contributed by atoms with E-state index in [1.807, 2.05) is 36.4 Å². The highest BCUT2D eigenvalue weighted by Crippen LogP contribution is 2.33. The van der Waals surface area contributed by atoms with Crippen LogP contribution in [0.2, 0.25) is 5.15 Å². The van der Waals surface area contributed by atoms with Crippen molar-refractivity contribution in [1.29, 1.82) is 0 Å². The molecule has 3 heterocycles. The van der Waals surface area contributed by atoms with Gasteiger partial charge in [0.1, 0.15) is 17.2 Å². The fourth-order valence-electron chi connectivity index (χ4n) is 4.61. The third-order valence-electron chi connectivity index (χ3n) is 6.59. The first-order valence-corrected chi connectivity index (χ1v) is 12.4. The summed E-state index contributed by atoms with van der Waals surface area (Å²) in [5, 5.41) is 3.47. The van der Waals surface area contributed by atoms with Crippen LogP contribution in [0.3, 0.4) is 0 Å². The number of ether oxygens (including phenoxy) is 1. The molecule has 0 unspecified atom stereocenters. The van der Waals surface area contributed by atoms with Gasteiger partial charge in [0.25, 0.3) is 0 Å². The van der Waals surface area contributed by atoms with Crippen molar-refractivity contribution >= 4 is 29.0 Å². The van der Waals surface area contributed by atoms with E-state index in [0.29, 0.717) is 23.3 Å². The molecule has 35 heavy (non-hydrogen) atoms. The SMILES string of the molecule is CCN1CCN(Cc2ccccc2NC(=O)N2CCc3cc(Oc4cc(Cl)ncn4)ccc32)CC1. The molecule has 0 atom stereocenters. The maximum atomic E-state index is 13.2. The van der Waals surface area contributed by atoms with Crippen molar-refractivity contribution in [3.8, 4) is 11.6 Å². The molecule has 0 spiro atoms. The first-order valence-electron chi connectivity index (χ1n) is 12.0. The lowest BCUT2D eigenvalue weighted by Gasteiger charge is -2.34. The molecule has 0 saturated carbocycles. The van der Waals surface area contributed by atoms with E-state index in [0.717, 1.165) is 68.2 Å². The van der Waals surface area contributed by atoms with Gasteiger partial charge in [0, 0.05) is 56.7 Å². The summed E-state index contributed by atoms with van der Waals surface area (Å²) in [4.78, 5) is 27.9. The van der Waals surface area contributed by atoms with Crippen LogP contribution in [-0.2, 0) is 13.0 Å². The number of rotatable bonds is 6. The fourth-order valence-corrected chi connectivity index (χ4v) is 4.75. The maximum Gasteiger partial charge on any atom is 0.326 e. The highest BCUT2D eigenvalue weighted by atomic mass is 35.5. The number of hydrogen-bond acceptors (Lipinski definition) is 6.